The van der Waals surface area contributed by atoms with Crippen molar-refractivity contribution in [1.82, 2.24) is 9.55 Å². The van der Waals surface area contributed by atoms with Crippen LogP contribution in [0.15, 0.2) is 18.3 Å². The highest BCUT2D eigenvalue weighted by atomic mass is 15.1. The molecule has 4 nitrogen and oxygen atoms in total. The summed E-state index contributed by atoms with van der Waals surface area (Å²) in [6.07, 6.45) is 1.84. The summed E-state index contributed by atoms with van der Waals surface area (Å²) in [6, 6.07) is 6.16. The van der Waals surface area contributed by atoms with Crippen LogP contribution in [-0.4, -0.2) is 9.55 Å². The van der Waals surface area contributed by atoms with E-state index in [9.17, 15) is 0 Å². The lowest BCUT2D eigenvalue weighted by Gasteiger charge is -2.09. The van der Waals surface area contributed by atoms with Crippen LogP contribution in [0.4, 0.5) is 5.82 Å². The monoisotopic (exact) mass is 240 g/mol. The van der Waals surface area contributed by atoms with Crippen LogP contribution >= 0.6 is 0 Å². The smallest absolute Gasteiger partial charge is 0.122 e. The number of hydrogen-bond donors (Lipinski definition) is 1. The van der Waals surface area contributed by atoms with Crippen LogP contribution in [0.1, 0.15) is 28.1 Å². The molecule has 0 radical (unpaired) electrons. The van der Waals surface area contributed by atoms with E-state index in [1.165, 1.54) is 0 Å². The maximum Gasteiger partial charge on any atom is 0.122 e. The van der Waals surface area contributed by atoms with E-state index in [2.05, 4.69) is 11.1 Å². The highest BCUT2D eigenvalue weighted by molar-refractivity contribution is 5.58. The Bertz CT molecular complexity index is 615. The molecule has 0 aliphatic rings. The molecule has 92 valence electrons. The Balaban J connectivity index is 2.41. The third-order valence-electron chi connectivity index (χ3n) is 3.29. The first-order valence-electron chi connectivity index (χ1n) is 5.81. The molecule has 0 saturated heterocycles. The second-order valence-electron chi connectivity index (χ2n) is 4.48. The van der Waals surface area contributed by atoms with Gasteiger partial charge in [0.1, 0.15) is 11.9 Å². The number of pyridine rings is 1. The molecule has 2 aromatic heterocycles. The van der Waals surface area contributed by atoms with Crippen LogP contribution in [0.2, 0.25) is 0 Å². The zero-order valence-electron chi connectivity index (χ0n) is 10.9. The van der Waals surface area contributed by atoms with Crippen LogP contribution in [0.5, 0.6) is 0 Å². The Morgan fingerprint density at radius 1 is 1.33 bits per heavy atom. The molecule has 0 aliphatic heterocycles. The van der Waals surface area contributed by atoms with Gasteiger partial charge in [0, 0.05) is 17.6 Å². The van der Waals surface area contributed by atoms with E-state index < -0.39 is 0 Å². The number of rotatable bonds is 2. The highest BCUT2D eigenvalue weighted by Crippen LogP contribution is 2.24. The molecule has 0 amide bonds. The first-order valence-corrected chi connectivity index (χ1v) is 5.81. The molecule has 0 atom stereocenters. The number of aryl methyl sites for hydroxylation is 1. The molecule has 2 aromatic rings. The average molecular weight is 240 g/mol. The second-order valence-corrected chi connectivity index (χ2v) is 4.48. The SMILES string of the molecule is Cc1ccc(Cn2c(C)c(C)c(C#N)c2N)cn1. The molecular weight excluding hydrogens is 224 g/mol. The Hall–Kier alpha value is -2.28. The lowest BCUT2D eigenvalue weighted by atomic mass is 10.2. The summed E-state index contributed by atoms with van der Waals surface area (Å²) in [5.74, 6) is 0.535. The molecule has 2 heterocycles. The summed E-state index contributed by atoms with van der Waals surface area (Å²) < 4.78 is 1.96. The Morgan fingerprint density at radius 2 is 2.06 bits per heavy atom. The van der Waals surface area contributed by atoms with Gasteiger partial charge in [-0.2, -0.15) is 5.26 Å². The Morgan fingerprint density at radius 3 is 2.56 bits per heavy atom. The van der Waals surface area contributed by atoms with Crippen LogP contribution in [-0.2, 0) is 6.54 Å². The molecular formula is C14H16N4. The molecule has 18 heavy (non-hydrogen) atoms. The summed E-state index contributed by atoms with van der Waals surface area (Å²) in [4.78, 5) is 4.26. The van der Waals surface area contributed by atoms with E-state index in [0.29, 0.717) is 17.9 Å². The van der Waals surface area contributed by atoms with Gasteiger partial charge in [0.15, 0.2) is 0 Å². The van der Waals surface area contributed by atoms with Crippen LogP contribution in [0.25, 0.3) is 0 Å². The van der Waals surface area contributed by atoms with Crippen molar-refractivity contribution in [2.24, 2.45) is 0 Å². The summed E-state index contributed by atoms with van der Waals surface area (Å²) in [7, 11) is 0. The summed E-state index contributed by atoms with van der Waals surface area (Å²) in [5.41, 5.74) is 10.6. The van der Waals surface area contributed by atoms with Crippen LogP contribution in [0.3, 0.4) is 0 Å². The zero-order chi connectivity index (χ0) is 13.3. The molecule has 0 unspecified atom stereocenters. The van der Waals surface area contributed by atoms with Crippen molar-refractivity contribution >= 4 is 5.82 Å². The molecule has 4 heteroatoms. The number of anilines is 1. The van der Waals surface area contributed by atoms with E-state index in [4.69, 9.17) is 11.0 Å². The maximum atomic E-state index is 9.08. The van der Waals surface area contributed by atoms with Gasteiger partial charge in [-0.15, -0.1) is 0 Å². The number of nitriles is 1. The first-order chi connectivity index (χ1) is 8.54. The van der Waals surface area contributed by atoms with Gasteiger partial charge in [-0.05, 0) is 38.0 Å². The average Bonchev–Trinajstić information content (AvgIpc) is 2.56. The number of aromatic nitrogens is 2. The normalized spacial score (nSPS) is 10.3. The summed E-state index contributed by atoms with van der Waals surface area (Å²) >= 11 is 0. The number of nitrogen functional groups attached to an aromatic ring is 1. The van der Waals surface area contributed by atoms with Crippen LogP contribution < -0.4 is 5.73 Å². The molecule has 2 rings (SSSR count). The van der Waals surface area contributed by atoms with E-state index in [1.54, 1.807) is 0 Å². The standard InChI is InChI=1S/C14H16N4/c1-9-4-5-12(7-17-9)8-18-11(3)10(2)13(6-15)14(18)16/h4-5,7H,8,16H2,1-3H3. The molecule has 2 N–H and O–H groups in total. The predicted molar refractivity (Wildman–Crippen MR) is 71.1 cm³/mol. The molecule has 0 bridgehead atoms. The van der Waals surface area contributed by atoms with Gasteiger partial charge in [0.05, 0.1) is 12.1 Å². The minimum atomic E-state index is 0.535. The van der Waals surface area contributed by atoms with Crippen molar-refractivity contribution in [3.8, 4) is 6.07 Å². The van der Waals surface area contributed by atoms with Gasteiger partial charge in [-0.1, -0.05) is 6.07 Å². The minimum absolute atomic E-state index is 0.535. The second kappa shape index (κ2) is 4.53. The maximum absolute atomic E-state index is 9.08. The van der Waals surface area contributed by atoms with Crippen molar-refractivity contribution in [3.63, 3.8) is 0 Å². The minimum Gasteiger partial charge on any atom is -0.384 e. The van der Waals surface area contributed by atoms with E-state index in [-0.39, 0.29) is 0 Å². The van der Waals surface area contributed by atoms with E-state index >= 15 is 0 Å². The Kier molecular flexibility index (Phi) is 3.07. The summed E-state index contributed by atoms with van der Waals surface area (Å²) in [6.45, 7) is 6.51. The first kappa shape index (κ1) is 12.2. The van der Waals surface area contributed by atoms with Crippen molar-refractivity contribution in [3.05, 3.63) is 46.4 Å². The van der Waals surface area contributed by atoms with Gasteiger partial charge < -0.3 is 10.3 Å². The third kappa shape index (κ3) is 1.95. The molecule has 0 aliphatic carbocycles. The van der Waals surface area contributed by atoms with E-state index in [1.807, 2.05) is 43.7 Å². The lowest BCUT2D eigenvalue weighted by molar-refractivity contribution is 0.779. The van der Waals surface area contributed by atoms with Crippen molar-refractivity contribution in [2.75, 3.05) is 5.73 Å². The number of hydrogen-bond acceptors (Lipinski definition) is 3. The lowest BCUT2D eigenvalue weighted by Crippen LogP contribution is -2.06. The fourth-order valence-corrected chi connectivity index (χ4v) is 2.01. The number of nitrogens with two attached hydrogens (primary N) is 1. The van der Waals surface area contributed by atoms with Gasteiger partial charge >= 0.3 is 0 Å². The van der Waals surface area contributed by atoms with Crippen molar-refractivity contribution in [1.29, 1.82) is 5.26 Å². The highest BCUT2D eigenvalue weighted by Gasteiger charge is 2.14. The molecule has 0 fully saturated rings. The quantitative estimate of drug-likeness (QED) is 0.875. The van der Waals surface area contributed by atoms with Crippen molar-refractivity contribution in [2.45, 2.75) is 27.3 Å². The van der Waals surface area contributed by atoms with Crippen LogP contribution in [0, 0.1) is 32.1 Å². The van der Waals surface area contributed by atoms with E-state index in [0.717, 1.165) is 22.5 Å². The molecule has 0 spiro atoms. The topological polar surface area (TPSA) is 67.6 Å². The van der Waals surface area contributed by atoms with Gasteiger partial charge in [-0.3, -0.25) is 4.98 Å². The largest absolute Gasteiger partial charge is 0.384 e. The third-order valence-corrected chi connectivity index (χ3v) is 3.29. The number of nitrogens with zero attached hydrogens (tertiary/aromatic N) is 3. The predicted octanol–water partition coefficient (Wildman–Crippen LogP) is 2.31. The summed E-state index contributed by atoms with van der Waals surface area (Å²) in [5, 5.41) is 9.08. The van der Waals surface area contributed by atoms with Crippen molar-refractivity contribution < 1.29 is 0 Å². The fraction of sp³-hybridized carbons (Fsp3) is 0.286. The molecule has 0 aromatic carbocycles. The van der Waals surface area contributed by atoms with Gasteiger partial charge in [0.2, 0.25) is 0 Å². The fourth-order valence-electron chi connectivity index (χ4n) is 2.01. The van der Waals surface area contributed by atoms with Gasteiger partial charge in [0.25, 0.3) is 0 Å². The molecule has 0 saturated carbocycles. The zero-order valence-corrected chi connectivity index (χ0v) is 10.9. The Labute approximate surface area is 107 Å². The van der Waals surface area contributed by atoms with Gasteiger partial charge in [-0.25, -0.2) is 0 Å².